The summed E-state index contributed by atoms with van der Waals surface area (Å²) in [6.07, 6.45) is 3.15. The lowest BCUT2D eigenvalue weighted by molar-refractivity contribution is 0.288. The van der Waals surface area contributed by atoms with Gasteiger partial charge in [0.1, 0.15) is 23.3 Å². The van der Waals surface area contributed by atoms with Crippen LogP contribution in [0.3, 0.4) is 0 Å². The molecule has 0 bridgehead atoms. The molecule has 2 aromatic rings. The summed E-state index contributed by atoms with van der Waals surface area (Å²) >= 11 is 3.25. The number of aryl methyl sites for hydroxylation is 1. The Hall–Kier alpha value is -1.43. The molecule has 78 valence electrons. The van der Waals surface area contributed by atoms with Crippen LogP contribution in [0.4, 0.5) is 0 Å². The number of pyridine rings is 1. The van der Waals surface area contributed by atoms with E-state index < -0.39 is 0 Å². The van der Waals surface area contributed by atoms with Gasteiger partial charge in [-0.05, 0) is 28.1 Å². The molecule has 2 heterocycles. The molecule has 0 saturated heterocycles. The fourth-order valence-electron chi connectivity index (χ4n) is 1.05. The average molecular weight is 269 g/mol. The number of nitrogens with zero attached hydrogens (tertiary/aromatic N) is 4. The second kappa shape index (κ2) is 4.39. The van der Waals surface area contributed by atoms with E-state index in [0.717, 1.165) is 10.4 Å². The fraction of sp³-hybridized carbons (Fsp3) is 0.222. The van der Waals surface area contributed by atoms with Gasteiger partial charge in [-0.2, -0.15) is 5.10 Å². The molecule has 0 aromatic carbocycles. The van der Waals surface area contributed by atoms with E-state index >= 15 is 0 Å². The third-order valence-corrected chi connectivity index (χ3v) is 2.34. The smallest absolute Gasteiger partial charge is 0.164 e. The van der Waals surface area contributed by atoms with Crippen molar-refractivity contribution >= 4 is 15.9 Å². The van der Waals surface area contributed by atoms with Crippen LogP contribution in [0.2, 0.25) is 0 Å². The van der Waals surface area contributed by atoms with E-state index in [1.165, 1.54) is 6.33 Å². The van der Waals surface area contributed by atoms with E-state index in [0.29, 0.717) is 12.4 Å². The summed E-state index contributed by atoms with van der Waals surface area (Å²) in [4.78, 5) is 8.10. The molecule has 0 N–H and O–H groups in total. The zero-order chi connectivity index (χ0) is 10.7. The SMILES string of the molecule is Cn1ncnc1COc1ccc(Br)nc1. The van der Waals surface area contributed by atoms with Gasteiger partial charge >= 0.3 is 0 Å². The zero-order valence-corrected chi connectivity index (χ0v) is 9.68. The van der Waals surface area contributed by atoms with Crippen molar-refractivity contribution in [3.8, 4) is 5.75 Å². The van der Waals surface area contributed by atoms with Crippen molar-refractivity contribution in [2.24, 2.45) is 7.05 Å². The number of hydrogen-bond acceptors (Lipinski definition) is 4. The molecule has 0 aliphatic carbocycles. The van der Waals surface area contributed by atoms with E-state index in [9.17, 15) is 0 Å². The normalized spacial score (nSPS) is 10.3. The summed E-state index contributed by atoms with van der Waals surface area (Å²) in [5.74, 6) is 1.49. The van der Waals surface area contributed by atoms with Crippen LogP contribution in [-0.4, -0.2) is 19.7 Å². The molecule has 2 aromatic heterocycles. The van der Waals surface area contributed by atoms with Gasteiger partial charge in [0, 0.05) is 7.05 Å². The topological polar surface area (TPSA) is 52.8 Å². The number of rotatable bonds is 3. The van der Waals surface area contributed by atoms with Crippen LogP contribution in [0.1, 0.15) is 5.82 Å². The molecule has 0 aliphatic heterocycles. The standard InChI is InChI=1S/C9H9BrN4O/c1-14-9(12-6-13-14)5-15-7-2-3-8(10)11-4-7/h2-4,6H,5H2,1H3. The lowest BCUT2D eigenvalue weighted by Gasteiger charge is -2.04. The first kappa shape index (κ1) is 10.1. The molecular weight excluding hydrogens is 260 g/mol. The van der Waals surface area contributed by atoms with Crippen molar-refractivity contribution in [1.82, 2.24) is 19.7 Å². The molecule has 0 amide bonds. The number of ether oxygens (including phenoxy) is 1. The van der Waals surface area contributed by atoms with E-state index in [4.69, 9.17) is 4.74 Å². The molecule has 5 nitrogen and oxygen atoms in total. The highest BCUT2D eigenvalue weighted by atomic mass is 79.9. The van der Waals surface area contributed by atoms with Crippen LogP contribution < -0.4 is 4.74 Å². The van der Waals surface area contributed by atoms with E-state index in [1.807, 2.05) is 19.2 Å². The highest BCUT2D eigenvalue weighted by molar-refractivity contribution is 9.10. The van der Waals surface area contributed by atoms with Crippen LogP contribution >= 0.6 is 15.9 Å². The average Bonchev–Trinajstić information content (AvgIpc) is 2.63. The Morgan fingerprint density at radius 3 is 2.87 bits per heavy atom. The summed E-state index contributed by atoms with van der Waals surface area (Å²) in [7, 11) is 1.82. The van der Waals surface area contributed by atoms with Gasteiger partial charge in [0.05, 0.1) is 6.20 Å². The van der Waals surface area contributed by atoms with Crippen molar-refractivity contribution in [2.45, 2.75) is 6.61 Å². The molecule has 2 rings (SSSR count). The maximum absolute atomic E-state index is 5.48. The van der Waals surface area contributed by atoms with Crippen LogP contribution in [0.25, 0.3) is 0 Å². The molecule has 0 spiro atoms. The van der Waals surface area contributed by atoms with Crippen LogP contribution in [0.5, 0.6) is 5.75 Å². The van der Waals surface area contributed by atoms with Gasteiger partial charge < -0.3 is 4.74 Å². The molecular formula is C9H9BrN4O. The molecule has 0 aliphatic rings. The third-order valence-electron chi connectivity index (χ3n) is 1.87. The fourth-order valence-corrected chi connectivity index (χ4v) is 1.28. The van der Waals surface area contributed by atoms with Gasteiger partial charge in [-0.15, -0.1) is 0 Å². The maximum Gasteiger partial charge on any atom is 0.164 e. The van der Waals surface area contributed by atoms with Gasteiger partial charge in [0.2, 0.25) is 0 Å². The minimum absolute atomic E-state index is 0.389. The largest absolute Gasteiger partial charge is 0.484 e. The molecule has 0 saturated carbocycles. The molecule has 0 radical (unpaired) electrons. The van der Waals surface area contributed by atoms with Gasteiger partial charge in [-0.25, -0.2) is 9.97 Å². The quantitative estimate of drug-likeness (QED) is 0.793. The number of halogens is 1. The van der Waals surface area contributed by atoms with Gasteiger partial charge in [0.25, 0.3) is 0 Å². The molecule has 15 heavy (non-hydrogen) atoms. The molecule has 0 atom stereocenters. The summed E-state index contributed by atoms with van der Waals surface area (Å²) in [6, 6.07) is 3.67. The Kier molecular flexibility index (Phi) is 2.96. The summed E-state index contributed by atoms with van der Waals surface area (Å²) in [5.41, 5.74) is 0. The second-order valence-corrected chi connectivity index (χ2v) is 3.72. The van der Waals surface area contributed by atoms with Crippen molar-refractivity contribution < 1.29 is 4.74 Å². The number of hydrogen-bond donors (Lipinski definition) is 0. The Morgan fingerprint density at radius 1 is 1.40 bits per heavy atom. The molecule has 0 fully saturated rings. The summed E-state index contributed by atoms with van der Waals surface area (Å²) < 4.78 is 7.94. The Balaban J connectivity index is 1.99. The zero-order valence-electron chi connectivity index (χ0n) is 8.09. The van der Waals surface area contributed by atoms with E-state index in [1.54, 1.807) is 10.9 Å². The predicted octanol–water partition coefficient (Wildman–Crippen LogP) is 1.55. The van der Waals surface area contributed by atoms with E-state index in [2.05, 4.69) is 31.0 Å². The Labute approximate surface area is 95.2 Å². The van der Waals surface area contributed by atoms with Crippen molar-refractivity contribution in [3.05, 3.63) is 35.1 Å². The van der Waals surface area contributed by atoms with Gasteiger partial charge in [0.15, 0.2) is 5.82 Å². The van der Waals surface area contributed by atoms with Gasteiger partial charge in [-0.3, -0.25) is 4.68 Å². The van der Waals surface area contributed by atoms with Gasteiger partial charge in [-0.1, -0.05) is 0 Å². The van der Waals surface area contributed by atoms with Crippen LogP contribution in [-0.2, 0) is 13.7 Å². The molecule has 0 unspecified atom stereocenters. The number of aromatic nitrogens is 4. The summed E-state index contributed by atoms with van der Waals surface area (Å²) in [6.45, 7) is 0.389. The molecule has 6 heteroatoms. The first-order valence-electron chi connectivity index (χ1n) is 4.33. The van der Waals surface area contributed by atoms with E-state index in [-0.39, 0.29) is 0 Å². The predicted molar refractivity (Wildman–Crippen MR) is 57.3 cm³/mol. The van der Waals surface area contributed by atoms with Crippen molar-refractivity contribution in [2.75, 3.05) is 0 Å². The second-order valence-electron chi connectivity index (χ2n) is 2.91. The first-order chi connectivity index (χ1) is 7.25. The highest BCUT2D eigenvalue weighted by Gasteiger charge is 2.01. The minimum Gasteiger partial charge on any atom is -0.484 e. The lowest BCUT2D eigenvalue weighted by atomic mass is 10.5. The maximum atomic E-state index is 5.48. The monoisotopic (exact) mass is 268 g/mol. The van der Waals surface area contributed by atoms with Crippen molar-refractivity contribution in [1.29, 1.82) is 0 Å². The summed E-state index contributed by atoms with van der Waals surface area (Å²) in [5, 5.41) is 3.95. The van der Waals surface area contributed by atoms with Crippen LogP contribution in [0.15, 0.2) is 29.3 Å². The Bertz CT molecular complexity index is 440. The third kappa shape index (κ3) is 2.53. The minimum atomic E-state index is 0.389. The highest BCUT2D eigenvalue weighted by Crippen LogP contribution is 2.13. The van der Waals surface area contributed by atoms with Crippen molar-refractivity contribution in [3.63, 3.8) is 0 Å². The lowest BCUT2D eigenvalue weighted by Crippen LogP contribution is -2.04. The Morgan fingerprint density at radius 2 is 2.27 bits per heavy atom. The van der Waals surface area contributed by atoms with Crippen LogP contribution in [0, 0.1) is 0 Å². The first-order valence-corrected chi connectivity index (χ1v) is 5.12.